The summed E-state index contributed by atoms with van der Waals surface area (Å²) in [7, 11) is 3.38. The van der Waals surface area contributed by atoms with Gasteiger partial charge < -0.3 is 9.88 Å². The maximum Gasteiger partial charge on any atom is 0.255 e. The molecule has 0 aliphatic carbocycles. The number of hydrogen-bond acceptors (Lipinski definition) is 2. The van der Waals surface area contributed by atoms with Crippen LogP contribution in [0, 0.1) is 13.8 Å². The van der Waals surface area contributed by atoms with E-state index in [-0.39, 0.29) is 5.91 Å². The molecule has 1 amide bonds. The summed E-state index contributed by atoms with van der Waals surface area (Å²) >= 11 is 0. The number of rotatable bonds is 2. The van der Waals surface area contributed by atoms with Crippen LogP contribution in [-0.2, 0) is 0 Å². The van der Waals surface area contributed by atoms with Crippen LogP contribution < -0.4 is 0 Å². The van der Waals surface area contributed by atoms with Gasteiger partial charge in [-0.25, -0.2) is 0 Å². The van der Waals surface area contributed by atoms with Gasteiger partial charge >= 0.3 is 0 Å². The number of H-pyrrole nitrogens is 1. The largest absolute Gasteiger partial charge is 0.356 e. The Hall–Kier alpha value is -1.58. The fourth-order valence-corrected chi connectivity index (χ4v) is 1.44. The van der Waals surface area contributed by atoms with E-state index in [4.69, 9.17) is 0 Å². The van der Waals surface area contributed by atoms with Crippen molar-refractivity contribution in [2.75, 3.05) is 14.1 Å². The Morgan fingerprint density at radius 2 is 1.93 bits per heavy atom. The highest BCUT2D eigenvalue weighted by Gasteiger charge is 2.18. The number of nitrogens with zero attached hydrogens (tertiary/aromatic N) is 1. The fourth-order valence-electron chi connectivity index (χ4n) is 1.44. The zero-order valence-electron chi connectivity index (χ0n) is 8.84. The van der Waals surface area contributed by atoms with Gasteiger partial charge in [0.25, 0.3) is 5.91 Å². The molecule has 0 spiro atoms. The van der Waals surface area contributed by atoms with Crippen LogP contribution in [0.3, 0.4) is 0 Å². The molecule has 1 N–H and O–H groups in total. The summed E-state index contributed by atoms with van der Waals surface area (Å²) in [6.45, 7) is 3.56. The Kier molecular flexibility index (Phi) is 2.74. The molecule has 4 heteroatoms. The summed E-state index contributed by atoms with van der Waals surface area (Å²) < 4.78 is 0. The molecular weight excluding hydrogens is 180 g/mol. The smallest absolute Gasteiger partial charge is 0.255 e. The Morgan fingerprint density at radius 1 is 1.36 bits per heavy atom. The van der Waals surface area contributed by atoms with Crippen LogP contribution in [0.5, 0.6) is 0 Å². The van der Waals surface area contributed by atoms with Gasteiger partial charge in [-0.3, -0.25) is 9.59 Å². The highest BCUT2D eigenvalue weighted by Crippen LogP contribution is 2.17. The molecule has 0 aromatic carbocycles. The number of carbonyl (C=O) groups is 2. The van der Waals surface area contributed by atoms with E-state index in [9.17, 15) is 9.59 Å². The first-order valence-corrected chi connectivity index (χ1v) is 4.35. The third-order valence-electron chi connectivity index (χ3n) is 2.21. The number of aryl methyl sites for hydroxylation is 1. The summed E-state index contributed by atoms with van der Waals surface area (Å²) in [6.07, 6.45) is 0.731. The standard InChI is InChI=1S/C10H14N2O2/c1-6-8(5-13)11-7(2)9(6)10(14)12(3)4/h5,11H,1-4H3. The van der Waals surface area contributed by atoms with Crippen molar-refractivity contribution in [2.45, 2.75) is 13.8 Å². The molecule has 0 atom stereocenters. The van der Waals surface area contributed by atoms with Crippen molar-refractivity contribution >= 4 is 12.2 Å². The van der Waals surface area contributed by atoms with E-state index in [2.05, 4.69) is 4.98 Å². The van der Waals surface area contributed by atoms with Crippen LogP contribution >= 0.6 is 0 Å². The van der Waals surface area contributed by atoms with Crippen molar-refractivity contribution in [3.05, 3.63) is 22.5 Å². The lowest BCUT2D eigenvalue weighted by Crippen LogP contribution is -2.22. The third-order valence-corrected chi connectivity index (χ3v) is 2.21. The van der Waals surface area contributed by atoms with E-state index in [1.807, 2.05) is 0 Å². The second-order valence-corrected chi connectivity index (χ2v) is 3.48. The van der Waals surface area contributed by atoms with Crippen LogP contribution in [0.25, 0.3) is 0 Å². The quantitative estimate of drug-likeness (QED) is 0.718. The number of aromatic nitrogens is 1. The maximum absolute atomic E-state index is 11.7. The number of aldehydes is 1. The van der Waals surface area contributed by atoms with Gasteiger partial charge in [-0.1, -0.05) is 0 Å². The molecule has 4 nitrogen and oxygen atoms in total. The Balaban J connectivity index is 3.27. The van der Waals surface area contributed by atoms with Gasteiger partial charge in [-0.15, -0.1) is 0 Å². The van der Waals surface area contributed by atoms with E-state index in [0.29, 0.717) is 11.3 Å². The number of aromatic amines is 1. The minimum absolute atomic E-state index is 0.0793. The van der Waals surface area contributed by atoms with E-state index < -0.39 is 0 Å². The molecule has 0 aliphatic rings. The second kappa shape index (κ2) is 3.65. The van der Waals surface area contributed by atoms with Gasteiger partial charge in [0, 0.05) is 19.8 Å². The molecule has 1 heterocycles. The normalized spacial score (nSPS) is 10.0. The summed E-state index contributed by atoms with van der Waals surface area (Å²) in [5.41, 5.74) is 2.53. The Morgan fingerprint density at radius 3 is 2.29 bits per heavy atom. The lowest BCUT2D eigenvalue weighted by molar-refractivity contribution is 0.0826. The van der Waals surface area contributed by atoms with Crippen LogP contribution in [-0.4, -0.2) is 36.2 Å². The average molecular weight is 194 g/mol. The summed E-state index contributed by atoms with van der Waals surface area (Å²) in [5.74, 6) is -0.0793. The topological polar surface area (TPSA) is 53.2 Å². The van der Waals surface area contributed by atoms with Crippen molar-refractivity contribution < 1.29 is 9.59 Å². The first-order chi connectivity index (χ1) is 6.49. The molecule has 0 radical (unpaired) electrons. The lowest BCUT2D eigenvalue weighted by Gasteiger charge is -2.10. The molecule has 1 aromatic rings. The van der Waals surface area contributed by atoms with Crippen molar-refractivity contribution in [3.8, 4) is 0 Å². The SMILES string of the molecule is Cc1[nH]c(C=O)c(C)c1C(=O)N(C)C. The average Bonchev–Trinajstić information content (AvgIpc) is 2.40. The molecule has 1 rings (SSSR count). The summed E-state index contributed by atoms with van der Waals surface area (Å²) in [4.78, 5) is 26.7. The van der Waals surface area contributed by atoms with E-state index in [0.717, 1.165) is 17.5 Å². The molecule has 76 valence electrons. The van der Waals surface area contributed by atoms with E-state index in [1.165, 1.54) is 4.90 Å². The molecule has 0 saturated carbocycles. The zero-order valence-corrected chi connectivity index (χ0v) is 8.84. The predicted molar refractivity (Wildman–Crippen MR) is 53.7 cm³/mol. The van der Waals surface area contributed by atoms with Crippen LogP contribution in [0.15, 0.2) is 0 Å². The molecule has 0 saturated heterocycles. The highest BCUT2D eigenvalue weighted by molar-refractivity contribution is 5.98. The molecular formula is C10H14N2O2. The van der Waals surface area contributed by atoms with E-state index >= 15 is 0 Å². The van der Waals surface area contributed by atoms with Crippen LogP contribution in [0.1, 0.15) is 32.1 Å². The highest BCUT2D eigenvalue weighted by atomic mass is 16.2. The number of carbonyl (C=O) groups excluding carboxylic acids is 2. The monoisotopic (exact) mass is 194 g/mol. The first kappa shape index (κ1) is 10.5. The maximum atomic E-state index is 11.7. The number of amides is 1. The van der Waals surface area contributed by atoms with Crippen molar-refractivity contribution in [2.24, 2.45) is 0 Å². The van der Waals surface area contributed by atoms with Gasteiger partial charge in [-0.2, -0.15) is 0 Å². The summed E-state index contributed by atoms with van der Waals surface area (Å²) in [5, 5.41) is 0. The second-order valence-electron chi connectivity index (χ2n) is 3.48. The van der Waals surface area contributed by atoms with Gasteiger partial charge in [-0.05, 0) is 19.4 Å². The van der Waals surface area contributed by atoms with Crippen molar-refractivity contribution in [1.82, 2.24) is 9.88 Å². The van der Waals surface area contributed by atoms with Crippen molar-refractivity contribution in [3.63, 3.8) is 0 Å². The van der Waals surface area contributed by atoms with Gasteiger partial charge in [0.15, 0.2) is 6.29 Å². The van der Waals surface area contributed by atoms with E-state index in [1.54, 1.807) is 27.9 Å². The van der Waals surface area contributed by atoms with Crippen molar-refractivity contribution in [1.29, 1.82) is 0 Å². The number of nitrogens with one attached hydrogen (secondary N) is 1. The Bertz CT molecular complexity index is 378. The molecule has 0 unspecified atom stereocenters. The number of hydrogen-bond donors (Lipinski definition) is 1. The zero-order chi connectivity index (χ0) is 10.9. The molecule has 0 bridgehead atoms. The predicted octanol–water partition coefficient (Wildman–Crippen LogP) is 1.15. The minimum atomic E-state index is -0.0793. The van der Waals surface area contributed by atoms with Crippen LogP contribution in [0.4, 0.5) is 0 Å². The van der Waals surface area contributed by atoms with Crippen LogP contribution in [0.2, 0.25) is 0 Å². The molecule has 0 aliphatic heterocycles. The lowest BCUT2D eigenvalue weighted by atomic mass is 10.1. The molecule has 0 fully saturated rings. The van der Waals surface area contributed by atoms with Gasteiger partial charge in [0.2, 0.25) is 0 Å². The minimum Gasteiger partial charge on any atom is -0.356 e. The Labute approximate surface area is 82.9 Å². The van der Waals surface area contributed by atoms with Gasteiger partial charge in [0.1, 0.15) is 0 Å². The molecule has 1 aromatic heterocycles. The molecule has 14 heavy (non-hydrogen) atoms. The first-order valence-electron chi connectivity index (χ1n) is 4.35. The third kappa shape index (κ3) is 1.55. The fraction of sp³-hybridized carbons (Fsp3) is 0.400. The van der Waals surface area contributed by atoms with Gasteiger partial charge in [0.05, 0.1) is 11.3 Å². The summed E-state index contributed by atoms with van der Waals surface area (Å²) in [6, 6.07) is 0.